The molecule has 0 aliphatic rings. The van der Waals surface area contributed by atoms with Gasteiger partial charge in [0.2, 0.25) is 0 Å². The molecule has 0 spiro atoms. The number of hydrogen-bond donors (Lipinski definition) is 1. The molecule has 0 saturated carbocycles. The Labute approximate surface area is 89.4 Å². The van der Waals surface area contributed by atoms with Crippen LogP contribution >= 0.6 is 11.3 Å². The largest absolute Gasteiger partial charge is 0.389 e. The van der Waals surface area contributed by atoms with Crippen molar-refractivity contribution in [1.82, 2.24) is 0 Å². The van der Waals surface area contributed by atoms with Gasteiger partial charge in [-0.15, -0.1) is 11.3 Å². The van der Waals surface area contributed by atoms with Crippen LogP contribution in [-0.2, 0) is 6.42 Å². The summed E-state index contributed by atoms with van der Waals surface area (Å²) < 4.78 is 0. The van der Waals surface area contributed by atoms with Gasteiger partial charge in [-0.25, -0.2) is 0 Å². The number of nitrogens with two attached hydrogens (primary N) is 1. The van der Waals surface area contributed by atoms with Crippen molar-refractivity contribution in [2.24, 2.45) is 0 Å². The minimum absolute atomic E-state index is 0.639. The van der Waals surface area contributed by atoms with E-state index >= 15 is 0 Å². The smallest absolute Gasteiger partial charge is 0.104 e. The number of aryl methyl sites for hydroxylation is 1. The molecule has 0 atom stereocenters. The third-order valence-corrected chi connectivity index (χ3v) is 3.23. The Bertz CT molecular complexity index is 323. The lowest BCUT2D eigenvalue weighted by atomic mass is 10.1. The summed E-state index contributed by atoms with van der Waals surface area (Å²) in [6, 6.07) is 4.03. The van der Waals surface area contributed by atoms with Crippen LogP contribution in [0.1, 0.15) is 43.0 Å². The summed E-state index contributed by atoms with van der Waals surface area (Å²) in [5.41, 5.74) is 6.32. The van der Waals surface area contributed by atoms with E-state index in [0.717, 1.165) is 6.42 Å². The van der Waals surface area contributed by atoms with Gasteiger partial charge in [0.25, 0.3) is 0 Å². The second kappa shape index (κ2) is 5.66. The molecule has 14 heavy (non-hydrogen) atoms. The Morgan fingerprint density at radius 3 is 2.79 bits per heavy atom. The molecule has 1 aromatic rings. The number of rotatable bonds is 5. The lowest BCUT2D eigenvalue weighted by Crippen LogP contribution is -1.80. The monoisotopic (exact) mass is 208 g/mol. The molecule has 0 aliphatic carbocycles. The summed E-state index contributed by atoms with van der Waals surface area (Å²) in [5.74, 6) is 0. The first-order chi connectivity index (χ1) is 6.77. The van der Waals surface area contributed by atoms with Crippen molar-refractivity contribution in [3.8, 4) is 6.07 Å². The molecule has 0 aromatic carbocycles. The van der Waals surface area contributed by atoms with E-state index in [4.69, 9.17) is 11.0 Å². The van der Waals surface area contributed by atoms with Gasteiger partial charge in [-0.3, -0.25) is 0 Å². The average Bonchev–Trinajstić information content (AvgIpc) is 2.54. The zero-order valence-electron chi connectivity index (χ0n) is 8.55. The highest BCUT2D eigenvalue weighted by Crippen LogP contribution is 2.25. The molecule has 1 aromatic heterocycles. The normalized spacial score (nSPS) is 10.0. The van der Waals surface area contributed by atoms with Gasteiger partial charge in [-0.05, 0) is 18.9 Å². The SMILES string of the molecule is CCCCCCc1cc(C#N)c(N)s1. The van der Waals surface area contributed by atoms with E-state index in [0.29, 0.717) is 10.6 Å². The van der Waals surface area contributed by atoms with Crippen molar-refractivity contribution in [3.05, 3.63) is 16.5 Å². The van der Waals surface area contributed by atoms with Crippen LogP contribution in [-0.4, -0.2) is 0 Å². The molecule has 76 valence electrons. The first kappa shape index (κ1) is 11.1. The van der Waals surface area contributed by atoms with Gasteiger partial charge in [0.15, 0.2) is 0 Å². The number of nitrogens with zero attached hydrogens (tertiary/aromatic N) is 1. The lowest BCUT2D eigenvalue weighted by Gasteiger charge is -1.96. The van der Waals surface area contributed by atoms with Crippen molar-refractivity contribution < 1.29 is 0 Å². The number of nitriles is 1. The number of nitrogen functional groups attached to an aromatic ring is 1. The molecule has 2 N–H and O–H groups in total. The Hall–Kier alpha value is -1.01. The van der Waals surface area contributed by atoms with Crippen LogP contribution in [0, 0.1) is 11.3 Å². The number of hydrogen-bond acceptors (Lipinski definition) is 3. The van der Waals surface area contributed by atoms with Gasteiger partial charge in [0, 0.05) is 4.88 Å². The van der Waals surface area contributed by atoms with Crippen LogP contribution in [0.25, 0.3) is 0 Å². The van der Waals surface area contributed by atoms with Gasteiger partial charge < -0.3 is 5.73 Å². The summed E-state index contributed by atoms with van der Waals surface area (Å²) in [6.07, 6.45) is 6.10. The quantitative estimate of drug-likeness (QED) is 0.754. The highest BCUT2D eigenvalue weighted by Gasteiger charge is 2.04. The molecule has 0 unspecified atom stereocenters. The molecule has 0 fully saturated rings. The highest BCUT2D eigenvalue weighted by molar-refractivity contribution is 7.16. The maximum absolute atomic E-state index is 8.72. The molecule has 0 aliphatic heterocycles. The van der Waals surface area contributed by atoms with Gasteiger partial charge >= 0.3 is 0 Å². The van der Waals surface area contributed by atoms with Crippen LogP contribution in [0.3, 0.4) is 0 Å². The molecule has 1 rings (SSSR count). The second-order valence-corrected chi connectivity index (χ2v) is 4.58. The van der Waals surface area contributed by atoms with E-state index in [2.05, 4.69) is 13.0 Å². The maximum Gasteiger partial charge on any atom is 0.104 e. The first-order valence-electron chi connectivity index (χ1n) is 5.06. The molecular weight excluding hydrogens is 192 g/mol. The maximum atomic E-state index is 8.72. The van der Waals surface area contributed by atoms with Crippen molar-refractivity contribution in [3.63, 3.8) is 0 Å². The van der Waals surface area contributed by atoms with Crippen LogP contribution in [0.2, 0.25) is 0 Å². The fraction of sp³-hybridized carbons (Fsp3) is 0.545. The van der Waals surface area contributed by atoms with Crippen LogP contribution in [0.5, 0.6) is 0 Å². The van der Waals surface area contributed by atoms with Gasteiger partial charge in [-0.1, -0.05) is 26.2 Å². The van der Waals surface area contributed by atoms with Crippen molar-refractivity contribution >= 4 is 16.3 Å². The number of unbranched alkanes of at least 4 members (excludes halogenated alkanes) is 3. The second-order valence-electron chi connectivity index (χ2n) is 3.41. The molecule has 0 radical (unpaired) electrons. The highest BCUT2D eigenvalue weighted by atomic mass is 32.1. The minimum atomic E-state index is 0.639. The number of anilines is 1. The third kappa shape index (κ3) is 3.04. The Morgan fingerprint density at radius 2 is 2.21 bits per heavy atom. The topological polar surface area (TPSA) is 49.8 Å². The van der Waals surface area contributed by atoms with E-state index in [1.165, 1.54) is 30.6 Å². The zero-order valence-corrected chi connectivity index (χ0v) is 9.36. The molecule has 3 heteroatoms. The van der Waals surface area contributed by atoms with Gasteiger partial charge in [0.1, 0.15) is 11.1 Å². The Morgan fingerprint density at radius 1 is 1.43 bits per heavy atom. The van der Waals surface area contributed by atoms with E-state index in [1.807, 2.05) is 6.07 Å². The standard InChI is InChI=1S/C11H16N2S/c1-2-3-4-5-6-10-7-9(8-12)11(13)14-10/h7H,2-6,13H2,1H3. The fourth-order valence-electron chi connectivity index (χ4n) is 1.39. The molecule has 0 bridgehead atoms. The van der Waals surface area contributed by atoms with Crippen molar-refractivity contribution in [1.29, 1.82) is 5.26 Å². The van der Waals surface area contributed by atoms with Crippen molar-refractivity contribution in [2.75, 3.05) is 5.73 Å². The first-order valence-corrected chi connectivity index (χ1v) is 5.88. The summed E-state index contributed by atoms with van der Waals surface area (Å²) in [5, 5.41) is 9.38. The molecule has 2 nitrogen and oxygen atoms in total. The summed E-state index contributed by atoms with van der Waals surface area (Å²) in [7, 11) is 0. The molecule has 0 amide bonds. The van der Waals surface area contributed by atoms with Crippen molar-refractivity contribution in [2.45, 2.75) is 39.0 Å². The summed E-state index contributed by atoms with van der Waals surface area (Å²) in [4.78, 5) is 1.25. The average molecular weight is 208 g/mol. The minimum Gasteiger partial charge on any atom is -0.389 e. The van der Waals surface area contributed by atoms with E-state index < -0.39 is 0 Å². The number of thiophene rings is 1. The summed E-state index contributed by atoms with van der Waals surface area (Å²) in [6.45, 7) is 2.21. The predicted molar refractivity (Wildman–Crippen MR) is 61.3 cm³/mol. The van der Waals surface area contributed by atoms with Crippen LogP contribution in [0.4, 0.5) is 5.00 Å². The fourth-order valence-corrected chi connectivity index (χ4v) is 2.31. The van der Waals surface area contributed by atoms with E-state index in [-0.39, 0.29) is 0 Å². The zero-order chi connectivity index (χ0) is 10.4. The predicted octanol–water partition coefficient (Wildman–Crippen LogP) is 3.32. The Kier molecular flexibility index (Phi) is 4.48. The van der Waals surface area contributed by atoms with E-state index in [9.17, 15) is 0 Å². The van der Waals surface area contributed by atoms with E-state index in [1.54, 1.807) is 11.3 Å². The molecular formula is C11H16N2S. The van der Waals surface area contributed by atoms with Crippen LogP contribution < -0.4 is 5.73 Å². The molecule has 0 saturated heterocycles. The Balaban J connectivity index is 2.40. The van der Waals surface area contributed by atoms with Gasteiger partial charge in [-0.2, -0.15) is 5.26 Å². The summed E-state index contributed by atoms with van der Waals surface area (Å²) >= 11 is 1.55. The lowest BCUT2D eigenvalue weighted by molar-refractivity contribution is 0.670. The van der Waals surface area contributed by atoms with Gasteiger partial charge in [0.05, 0.1) is 5.56 Å². The van der Waals surface area contributed by atoms with Crippen LogP contribution in [0.15, 0.2) is 6.07 Å². The molecule has 1 heterocycles. The third-order valence-electron chi connectivity index (χ3n) is 2.21.